The minimum Gasteiger partial charge on any atom is -0.412 e. The van der Waals surface area contributed by atoms with Gasteiger partial charge in [-0.1, -0.05) is 18.7 Å². The first-order chi connectivity index (χ1) is 7.63. The molecule has 0 amide bonds. The minimum atomic E-state index is -0.880. The van der Waals surface area contributed by atoms with E-state index >= 15 is 0 Å². The summed E-state index contributed by atoms with van der Waals surface area (Å²) in [5.41, 5.74) is -0.870. The molecule has 0 unspecified atom stereocenters. The molecule has 11 nitrogen and oxygen atoms in total. The van der Waals surface area contributed by atoms with Crippen LogP contribution in [0.5, 0.6) is 0 Å². The van der Waals surface area contributed by atoms with Crippen molar-refractivity contribution in [1.82, 2.24) is 24.8 Å². The molecule has 0 aromatic carbocycles. The molecule has 0 bridgehead atoms. The van der Waals surface area contributed by atoms with Gasteiger partial charge >= 0.3 is 40.9 Å². The molecule has 0 aliphatic rings. The standard InChI is InChI=1S/C6H6N6O3S.Na.2H2O/c1-2-16-6-7-5-9-8-3(12(14)15)4(13)11(5)10-6;;;/h2H2,1H3,(H,7,9,10);;2*1H2/q;+1;;. The molecule has 0 aliphatic heterocycles. The molecule has 2 aromatic rings. The van der Waals surface area contributed by atoms with Gasteiger partial charge in [0.1, 0.15) is 0 Å². The average Bonchev–Trinajstić information content (AvgIpc) is 2.62. The Morgan fingerprint density at radius 2 is 2.05 bits per heavy atom. The molecule has 0 saturated carbocycles. The van der Waals surface area contributed by atoms with E-state index in [1.54, 1.807) is 0 Å². The number of thioether (sulfide) groups is 1. The molecule has 0 aliphatic carbocycles. The smallest absolute Gasteiger partial charge is 0.412 e. The van der Waals surface area contributed by atoms with Crippen LogP contribution in [0.25, 0.3) is 5.78 Å². The predicted molar refractivity (Wildman–Crippen MR) is 61.7 cm³/mol. The topological polar surface area (TPSA) is 182 Å². The summed E-state index contributed by atoms with van der Waals surface area (Å²) in [6.07, 6.45) is 0. The van der Waals surface area contributed by atoms with Crippen LogP contribution >= 0.6 is 11.8 Å². The third-order valence-electron chi connectivity index (χ3n) is 1.69. The summed E-state index contributed by atoms with van der Waals surface area (Å²) in [5.74, 6) is -0.0508. The van der Waals surface area contributed by atoms with Gasteiger partial charge < -0.3 is 21.1 Å². The van der Waals surface area contributed by atoms with Crippen molar-refractivity contribution in [3.63, 3.8) is 0 Å². The molecule has 2 heterocycles. The van der Waals surface area contributed by atoms with Gasteiger partial charge in [0.05, 0.1) is 5.10 Å². The number of rotatable bonds is 3. The molecule has 0 radical (unpaired) electrons. The van der Waals surface area contributed by atoms with Gasteiger partial charge in [-0.15, -0.1) is 0 Å². The summed E-state index contributed by atoms with van der Waals surface area (Å²) in [6, 6.07) is 0. The Morgan fingerprint density at radius 1 is 1.42 bits per heavy atom. The second kappa shape index (κ2) is 8.19. The van der Waals surface area contributed by atoms with Gasteiger partial charge in [-0.05, 0) is 10.7 Å². The van der Waals surface area contributed by atoms with Crippen LogP contribution in [0.4, 0.5) is 5.82 Å². The van der Waals surface area contributed by atoms with Crippen LogP contribution < -0.4 is 35.1 Å². The van der Waals surface area contributed by atoms with Gasteiger partial charge in [-0.3, -0.25) is 9.89 Å². The molecule has 0 atom stereocenters. The van der Waals surface area contributed by atoms with Gasteiger partial charge in [0.2, 0.25) is 0 Å². The zero-order chi connectivity index (χ0) is 11.7. The van der Waals surface area contributed by atoms with Gasteiger partial charge in [0.15, 0.2) is 5.16 Å². The molecule has 100 valence electrons. The normalized spacial score (nSPS) is 9.11. The third-order valence-corrected chi connectivity index (χ3v) is 2.44. The predicted octanol–water partition coefficient (Wildman–Crippen LogP) is -4.81. The number of hydrogen-bond donors (Lipinski definition) is 1. The zero-order valence-corrected chi connectivity index (χ0v) is 12.9. The van der Waals surface area contributed by atoms with Crippen molar-refractivity contribution in [2.45, 2.75) is 12.1 Å². The Bertz CT molecular complexity index is 614. The van der Waals surface area contributed by atoms with E-state index in [0.717, 1.165) is 10.3 Å². The van der Waals surface area contributed by atoms with Crippen LogP contribution in [0.1, 0.15) is 6.92 Å². The molecule has 2 rings (SSSR count). The van der Waals surface area contributed by atoms with E-state index in [0.29, 0.717) is 5.16 Å². The summed E-state index contributed by atoms with van der Waals surface area (Å²) in [7, 11) is 0. The summed E-state index contributed by atoms with van der Waals surface area (Å²) in [4.78, 5) is 25.0. The first kappa shape index (κ1) is 20.3. The number of fused-ring (bicyclic) bond motifs is 1. The summed E-state index contributed by atoms with van der Waals surface area (Å²) >= 11 is 1.36. The van der Waals surface area contributed by atoms with E-state index in [9.17, 15) is 14.9 Å². The fourth-order valence-electron chi connectivity index (χ4n) is 1.07. The number of nitrogens with one attached hydrogen (secondary N) is 1. The maximum Gasteiger partial charge on any atom is 1.00 e. The van der Waals surface area contributed by atoms with Crippen LogP contribution in [-0.2, 0) is 0 Å². The summed E-state index contributed by atoms with van der Waals surface area (Å²) < 4.78 is 0.906. The Morgan fingerprint density at radius 3 is 2.58 bits per heavy atom. The number of nitro groups is 1. The second-order valence-electron chi connectivity index (χ2n) is 2.68. The SMILES string of the molecule is CCSc1nc2nnc([N+](=O)[O-])c(=O)n2[nH]1.O.O.[Na+]. The van der Waals surface area contributed by atoms with E-state index in [1.807, 2.05) is 6.92 Å². The molecular weight excluding hydrogens is 291 g/mol. The molecule has 19 heavy (non-hydrogen) atoms. The Balaban J connectivity index is 0. The van der Waals surface area contributed by atoms with Gasteiger partial charge in [0, 0.05) is 5.10 Å². The fourth-order valence-corrected chi connectivity index (χ4v) is 1.65. The second-order valence-corrected chi connectivity index (χ2v) is 3.94. The number of nitrogens with zero attached hydrogens (tertiary/aromatic N) is 5. The molecule has 5 N–H and O–H groups in total. The van der Waals surface area contributed by atoms with Crippen molar-refractivity contribution >= 4 is 23.4 Å². The molecule has 2 aromatic heterocycles. The Labute approximate surface area is 131 Å². The minimum absolute atomic E-state index is 0. The first-order valence-electron chi connectivity index (χ1n) is 4.26. The Kier molecular flexibility index (Phi) is 8.73. The van der Waals surface area contributed by atoms with E-state index in [-0.39, 0.29) is 46.3 Å². The van der Waals surface area contributed by atoms with E-state index in [1.165, 1.54) is 11.8 Å². The molecule has 0 fully saturated rings. The van der Waals surface area contributed by atoms with Crippen molar-refractivity contribution in [2.75, 3.05) is 5.75 Å². The number of H-pyrrole nitrogens is 1. The van der Waals surface area contributed by atoms with Crippen LogP contribution in [0.2, 0.25) is 0 Å². The first-order valence-corrected chi connectivity index (χ1v) is 5.24. The Hall–Kier alpha value is -1.05. The monoisotopic (exact) mass is 301 g/mol. The van der Waals surface area contributed by atoms with E-state index in [4.69, 9.17) is 0 Å². The largest absolute Gasteiger partial charge is 1.00 e. The maximum absolute atomic E-state index is 11.5. The van der Waals surface area contributed by atoms with E-state index < -0.39 is 16.3 Å². The number of hydrogen-bond acceptors (Lipinski definition) is 7. The van der Waals surface area contributed by atoms with Crippen molar-refractivity contribution in [2.24, 2.45) is 0 Å². The molecule has 13 heteroatoms. The summed E-state index contributed by atoms with van der Waals surface area (Å²) in [6.45, 7) is 1.91. The van der Waals surface area contributed by atoms with Crippen LogP contribution in [0.3, 0.4) is 0 Å². The molecule has 0 spiro atoms. The van der Waals surface area contributed by atoms with Crippen molar-refractivity contribution < 1.29 is 45.4 Å². The average molecular weight is 301 g/mol. The van der Waals surface area contributed by atoms with Gasteiger partial charge in [0.25, 0.3) is 5.78 Å². The fraction of sp³-hybridized carbons (Fsp3) is 0.333. The van der Waals surface area contributed by atoms with Crippen molar-refractivity contribution in [1.29, 1.82) is 0 Å². The van der Waals surface area contributed by atoms with Gasteiger partial charge in [-0.25, -0.2) is 0 Å². The molecular formula is C6H10N6NaO5S+. The summed E-state index contributed by atoms with van der Waals surface area (Å²) in [5, 5.41) is 20.2. The number of aromatic amines is 1. The maximum atomic E-state index is 11.5. The van der Waals surface area contributed by atoms with Crippen molar-refractivity contribution in [3.05, 3.63) is 20.5 Å². The van der Waals surface area contributed by atoms with Crippen LogP contribution in [0.15, 0.2) is 9.95 Å². The van der Waals surface area contributed by atoms with Gasteiger partial charge in [-0.2, -0.15) is 9.50 Å². The molecule has 0 saturated heterocycles. The van der Waals surface area contributed by atoms with Crippen LogP contribution in [0, 0.1) is 10.1 Å². The zero-order valence-electron chi connectivity index (χ0n) is 10.1. The third kappa shape index (κ3) is 3.95. The quantitative estimate of drug-likeness (QED) is 0.255. The van der Waals surface area contributed by atoms with Crippen LogP contribution in [-0.4, -0.2) is 46.4 Å². The number of aromatic nitrogens is 5. The van der Waals surface area contributed by atoms with Crippen molar-refractivity contribution in [3.8, 4) is 0 Å². The van der Waals surface area contributed by atoms with E-state index in [2.05, 4.69) is 20.3 Å².